The van der Waals surface area contributed by atoms with E-state index in [2.05, 4.69) is 0 Å². The van der Waals surface area contributed by atoms with Gasteiger partial charge in [-0.2, -0.15) is 0 Å². The summed E-state index contributed by atoms with van der Waals surface area (Å²) >= 11 is 5.90. The van der Waals surface area contributed by atoms with E-state index in [9.17, 15) is 13.2 Å². The van der Waals surface area contributed by atoms with Gasteiger partial charge in [0.2, 0.25) is 5.91 Å². The second kappa shape index (κ2) is 6.37. The van der Waals surface area contributed by atoms with E-state index in [1.807, 2.05) is 0 Å². The molecule has 0 aliphatic heterocycles. The molecular weight excluding hydrogens is 324 g/mol. The summed E-state index contributed by atoms with van der Waals surface area (Å²) in [6.45, 7) is 1.27. The number of hydrogen-bond donors (Lipinski definition) is 1. The van der Waals surface area contributed by atoms with Gasteiger partial charge in [0.05, 0.1) is 10.6 Å². The van der Waals surface area contributed by atoms with E-state index in [1.165, 1.54) is 12.1 Å². The van der Waals surface area contributed by atoms with E-state index in [4.69, 9.17) is 17.3 Å². The smallest absolute Gasteiger partial charge is 0.264 e. The molecule has 5 nitrogen and oxygen atoms in total. The summed E-state index contributed by atoms with van der Waals surface area (Å²) in [7, 11) is -3.90. The number of amides is 1. The molecule has 116 valence electrons. The van der Waals surface area contributed by atoms with Gasteiger partial charge in [0.25, 0.3) is 10.0 Å². The molecule has 7 heteroatoms. The van der Waals surface area contributed by atoms with Crippen LogP contribution in [0.5, 0.6) is 0 Å². The van der Waals surface area contributed by atoms with Crippen LogP contribution in [0.3, 0.4) is 0 Å². The lowest BCUT2D eigenvalue weighted by Gasteiger charge is -2.24. The third-order valence-electron chi connectivity index (χ3n) is 3.06. The first-order valence-corrected chi connectivity index (χ1v) is 8.26. The largest absolute Gasteiger partial charge is 0.368 e. The van der Waals surface area contributed by atoms with Crippen molar-refractivity contribution in [1.29, 1.82) is 0 Å². The second-order valence-corrected chi connectivity index (χ2v) is 7.02. The second-order valence-electron chi connectivity index (χ2n) is 4.72. The van der Waals surface area contributed by atoms with Crippen LogP contribution < -0.4 is 10.0 Å². The van der Waals surface area contributed by atoms with Crippen LogP contribution in [0.4, 0.5) is 5.69 Å². The molecule has 1 amide bonds. The van der Waals surface area contributed by atoms with Gasteiger partial charge in [-0.1, -0.05) is 29.8 Å². The lowest BCUT2D eigenvalue weighted by atomic mass is 10.2. The molecule has 0 bridgehead atoms. The highest BCUT2D eigenvalue weighted by Gasteiger charge is 2.27. The predicted octanol–water partition coefficient (Wildman–Crippen LogP) is 2.33. The Labute approximate surface area is 134 Å². The van der Waals surface area contributed by atoms with Crippen molar-refractivity contribution in [3.63, 3.8) is 0 Å². The normalized spacial score (nSPS) is 11.2. The summed E-state index contributed by atoms with van der Waals surface area (Å²) in [5.74, 6) is -0.742. The van der Waals surface area contributed by atoms with Crippen molar-refractivity contribution < 1.29 is 13.2 Å². The van der Waals surface area contributed by atoms with Crippen molar-refractivity contribution in [2.45, 2.75) is 11.8 Å². The Morgan fingerprint density at radius 1 is 1.18 bits per heavy atom. The van der Waals surface area contributed by atoms with Gasteiger partial charge in [-0.25, -0.2) is 8.42 Å². The van der Waals surface area contributed by atoms with Crippen LogP contribution in [0.1, 0.15) is 5.56 Å². The molecule has 2 aromatic carbocycles. The highest BCUT2D eigenvalue weighted by molar-refractivity contribution is 7.92. The molecule has 2 aromatic rings. The lowest BCUT2D eigenvalue weighted by Crippen LogP contribution is -2.38. The van der Waals surface area contributed by atoms with Crippen LogP contribution >= 0.6 is 11.6 Å². The average Bonchev–Trinajstić information content (AvgIpc) is 2.46. The highest BCUT2D eigenvalue weighted by atomic mass is 35.5. The standard InChI is InChI=1S/C15H15ClN2O3S/c1-11-9-12(16)7-8-14(11)18(10-15(17)19)22(20,21)13-5-3-2-4-6-13/h2-9H,10H2,1H3,(H2,17,19). The van der Waals surface area contributed by atoms with E-state index in [-0.39, 0.29) is 4.90 Å². The van der Waals surface area contributed by atoms with E-state index in [1.54, 1.807) is 43.3 Å². The Hall–Kier alpha value is -2.05. The van der Waals surface area contributed by atoms with E-state index >= 15 is 0 Å². The number of anilines is 1. The topological polar surface area (TPSA) is 80.5 Å². The fourth-order valence-corrected chi connectivity index (χ4v) is 3.80. The quantitative estimate of drug-likeness (QED) is 0.908. The Balaban J connectivity index is 2.58. The van der Waals surface area contributed by atoms with Gasteiger partial charge >= 0.3 is 0 Å². The third-order valence-corrected chi connectivity index (χ3v) is 5.07. The van der Waals surface area contributed by atoms with Crippen molar-refractivity contribution in [3.05, 3.63) is 59.1 Å². The maximum Gasteiger partial charge on any atom is 0.264 e. The summed E-state index contributed by atoms with van der Waals surface area (Å²) < 4.78 is 26.6. The molecule has 2 N–H and O–H groups in total. The van der Waals surface area contributed by atoms with Crippen molar-refractivity contribution in [2.24, 2.45) is 5.73 Å². The minimum Gasteiger partial charge on any atom is -0.368 e. The molecule has 2 rings (SSSR count). The molecule has 0 saturated heterocycles. The molecule has 0 aromatic heterocycles. The van der Waals surface area contributed by atoms with Gasteiger partial charge < -0.3 is 5.73 Å². The monoisotopic (exact) mass is 338 g/mol. The van der Waals surface area contributed by atoms with Gasteiger partial charge in [0.1, 0.15) is 6.54 Å². The van der Waals surface area contributed by atoms with Crippen molar-refractivity contribution in [1.82, 2.24) is 0 Å². The number of carbonyl (C=O) groups is 1. The highest BCUT2D eigenvalue weighted by Crippen LogP contribution is 2.28. The Morgan fingerprint density at radius 3 is 2.36 bits per heavy atom. The van der Waals surface area contributed by atoms with Crippen LogP contribution in [0.25, 0.3) is 0 Å². The number of aryl methyl sites for hydroxylation is 1. The molecule has 0 unspecified atom stereocenters. The average molecular weight is 339 g/mol. The SMILES string of the molecule is Cc1cc(Cl)ccc1N(CC(N)=O)S(=O)(=O)c1ccccc1. The minimum atomic E-state index is -3.90. The number of rotatable bonds is 5. The number of nitrogens with zero attached hydrogens (tertiary/aromatic N) is 1. The number of hydrogen-bond acceptors (Lipinski definition) is 3. The maximum absolute atomic E-state index is 12.8. The van der Waals surface area contributed by atoms with E-state index < -0.39 is 22.5 Å². The summed E-state index contributed by atoms with van der Waals surface area (Å²) in [5, 5.41) is 0.484. The first kappa shape index (κ1) is 16.3. The molecule has 0 spiro atoms. The summed E-state index contributed by atoms with van der Waals surface area (Å²) in [4.78, 5) is 11.4. The number of primary amides is 1. The van der Waals surface area contributed by atoms with Crippen molar-refractivity contribution >= 4 is 33.2 Å². The van der Waals surface area contributed by atoms with Crippen LogP contribution in [0, 0.1) is 6.92 Å². The Kier molecular flexibility index (Phi) is 4.73. The fourth-order valence-electron chi connectivity index (χ4n) is 2.06. The molecule has 0 fully saturated rings. The van der Waals surface area contributed by atoms with Crippen LogP contribution in [-0.2, 0) is 14.8 Å². The molecule has 0 aliphatic carbocycles. The van der Waals surface area contributed by atoms with Crippen LogP contribution in [-0.4, -0.2) is 20.9 Å². The fraction of sp³-hybridized carbons (Fsp3) is 0.133. The molecule has 0 aliphatic rings. The first-order valence-electron chi connectivity index (χ1n) is 6.44. The zero-order valence-corrected chi connectivity index (χ0v) is 13.4. The number of benzene rings is 2. The van der Waals surface area contributed by atoms with Gasteiger partial charge in [0.15, 0.2) is 0 Å². The van der Waals surface area contributed by atoms with Crippen molar-refractivity contribution in [3.8, 4) is 0 Å². The number of carbonyl (C=O) groups excluding carboxylic acids is 1. The van der Waals surface area contributed by atoms with Crippen molar-refractivity contribution in [2.75, 3.05) is 10.8 Å². The van der Waals surface area contributed by atoms with E-state index in [0.717, 1.165) is 4.31 Å². The third kappa shape index (κ3) is 3.40. The first-order chi connectivity index (χ1) is 10.3. The lowest BCUT2D eigenvalue weighted by molar-refractivity contribution is -0.116. The van der Waals surface area contributed by atoms with Crippen LogP contribution in [0.15, 0.2) is 53.4 Å². The van der Waals surface area contributed by atoms with Gasteiger partial charge in [-0.3, -0.25) is 9.10 Å². The summed E-state index contributed by atoms with van der Waals surface area (Å²) in [6.07, 6.45) is 0. The molecular formula is C15H15ClN2O3S. The van der Waals surface area contributed by atoms with Crippen LogP contribution in [0.2, 0.25) is 5.02 Å². The molecule has 0 atom stereocenters. The van der Waals surface area contributed by atoms with E-state index in [0.29, 0.717) is 16.3 Å². The summed E-state index contributed by atoms with van der Waals surface area (Å²) in [6, 6.07) is 12.6. The molecule has 0 heterocycles. The predicted molar refractivity (Wildman–Crippen MR) is 86.4 cm³/mol. The zero-order valence-electron chi connectivity index (χ0n) is 11.9. The Morgan fingerprint density at radius 2 is 1.82 bits per heavy atom. The molecule has 0 saturated carbocycles. The maximum atomic E-state index is 12.8. The summed E-state index contributed by atoms with van der Waals surface area (Å²) in [5.41, 5.74) is 6.21. The minimum absolute atomic E-state index is 0.0885. The number of sulfonamides is 1. The van der Waals surface area contributed by atoms with Gasteiger partial charge in [-0.15, -0.1) is 0 Å². The van der Waals surface area contributed by atoms with Gasteiger partial charge in [-0.05, 0) is 42.8 Å². The molecule has 22 heavy (non-hydrogen) atoms. The number of halogens is 1. The molecule has 0 radical (unpaired) electrons. The Bertz CT molecular complexity index is 792. The zero-order chi connectivity index (χ0) is 16.3. The van der Waals surface area contributed by atoms with Gasteiger partial charge in [0, 0.05) is 5.02 Å². The number of nitrogens with two attached hydrogens (primary N) is 1.